The fraction of sp³-hybridized carbons (Fsp3) is 0.167. The lowest BCUT2D eigenvalue weighted by atomic mass is 10.0. The largest absolute Gasteiger partial charge is 0.496 e. The molecule has 0 aliphatic carbocycles. The van der Waals surface area contributed by atoms with Gasteiger partial charge in [-0.05, 0) is 59.9 Å². The van der Waals surface area contributed by atoms with Gasteiger partial charge in [0.2, 0.25) is 0 Å². The molecular weight excluding hydrogens is 427 g/mol. The number of anilines is 2. The van der Waals surface area contributed by atoms with Gasteiger partial charge in [-0.2, -0.15) is 4.37 Å². The minimum Gasteiger partial charge on any atom is -0.496 e. The standard InChI is InChI=1S/C24H23FN4O2S/c1-31-21-15-17(25)9-12-19(21)16-7-10-18(11-8-16)28-24(30)27-14-4-13-26-23-20-5-2-3-6-22(20)32-29-23/h2-3,5-12,15H,4,13-14H2,1H3,(H,26,29)(H2,27,28,30). The molecule has 3 aromatic carbocycles. The van der Waals surface area contributed by atoms with Crippen LogP contribution in [0.4, 0.5) is 20.7 Å². The summed E-state index contributed by atoms with van der Waals surface area (Å²) in [6, 6.07) is 19.5. The summed E-state index contributed by atoms with van der Waals surface area (Å²) < 4.78 is 24.2. The van der Waals surface area contributed by atoms with E-state index in [2.05, 4.69) is 20.3 Å². The van der Waals surface area contributed by atoms with Crippen molar-refractivity contribution in [1.82, 2.24) is 9.69 Å². The summed E-state index contributed by atoms with van der Waals surface area (Å²) in [4.78, 5) is 12.2. The zero-order chi connectivity index (χ0) is 22.3. The van der Waals surface area contributed by atoms with Crippen LogP contribution >= 0.6 is 11.5 Å². The smallest absolute Gasteiger partial charge is 0.319 e. The van der Waals surface area contributed by atoms with Crippen molar-refractivity contribution in [3.63, 3.8) is 0 Å². The van der Waals surface area contributed by atoms with Gasteiger partial charge in [-0.25, -0.2) is 9.18 Å². The highest BCUT2D eigenvalue weighted by atomic mass is 32.1. The Hall–Kier alpha value is -3.65. The van der Waals surface area contributed by atoms with E-state index < -0.39 is 0 Å². The van der Waals surface area contributed by atoms with Gasteiger partial charge in [0.15, 0.2) is 0 Å². The van der Waals surface area contributed by atoms with Crippen LogP contribution in [0.3, 0.4) is 0 Å². The number of nitrogens with zero attached hydrogens (tertiary/aromatic N) is 1. The molecule has 1 aromatic heterocycles. The SMILES string of the molecule is COc1cc(F)ccc1-c1ccc(NC(=O)NCCCNc2nsc3ccccc23)cc1. The number of urea groups is 1. The first-order valence-electron chi connectivity index (χ1n) is 10.2. The van der Waals surface area contributed by atoms with Crippen molar-refractivity contribution >= 4 is 39.2 Å². The first-order valence-corrected chi connectivity index (χ1v) is 11.0. The van der Waals surface area contributed by atoms with Crippen LogP contribution in [0, 0.1) is 5.82 Å². The summed E-state index contributed by atoms with van der Waals surface area (Å²) in [6.07, 6.45) is 0.766. The minimum atomic E-state index is -0.351. The molecule has 164 valence electrons. The van der Waals surface area contributed by atoms with Gasteiger partial charge in [0.25, 0.3) is 0 Å². The molecular formula is C24H23FN4O2S. The highest BCUT2D eigenvalue weighted by Gasteiger charge is 2.08. The average molecular weight is 451 g/mol. The molecule has 0 aliphatic heterocycles. The number of amides is 2. The molecule has 32 heavy (non-hydrogen) atoms. The van der Waals surface area contributed by atoms with Crippen molar-refractivity contribution in [3.8, 4) is 16.9 Å². The van der Waals surface area contributed by atoms with Gasteiger partial charge in [0, 0.05) is 35.8 Å². The van der Waals surface area contributed by atoms with Crippen molar-refractivity contribution in [2.45, 2.75) is 6.42 Å². The van der Waals surface area contributed by atoms with Gasteiger partial charge in [-0.1, -0.05) is 24.3 Å². The lowest BCUT2D eigenvalue weighted by Gasteiger charge is -2.11. The summed E-state index contributed by atoms with van der Waals surface area (Å²) in [5.74, 6) is 0.992. The molecule has 4 rings (SSSR count). The second-order valence-electron chi connectivity index (χ2n) is 7.11. The molecule has 4 aromatic rings. The third kappa shape index (κ3) is 5.15. The topological polar surface area (TPSA) is 75.3 Å². The molecule has 8 heteroatoms. The third-order valence-corrected chi connectivity index (χ3v) is 5.75. The fourth-order valence-corrected chi connectivity index (χ4v) is 4.08. The van der Waals surface area contributed by atoms with E-state index in [1.54, 1.807) is 18.2 Å². The molecule has 0 radical (unpaired) electrons. The Labute approximate surface area is 189 Å². The van der Waals surface area contributed by atoms with Crippen LogP contribution in [0.2, 0.25) is 0 Å². The zero-order valence-corrected chi connectivity index (χ0v) is 18.3. The number of hydrogen-bond acceptors (Lipinski definition) is 5. The maximum atomic E-state index is 13.4. The number of aromatic nitrogens is 1. The lowest BCUT2D eigenvalue weighted by molar-refractivity contribution is 0.252. The van der Waals surface area contributed by atoms with E-state index in [0.29, 0.717) is 24.5 Å². The lowest BCUT2D eigenvalue weighted by Crippen LogP contribution is -2.30. The van der Waals surface area contributed by atoms with Crippen LogP contribution in [0.5, 0.6) is 5.75 Å². The maximum Gasteiger partial charge on any atom is 0.319 e. The van der Waals surface area contributed by atoms with Gasteiger partial charge in [0.05, 0.1) is 11.8 Å². The normalized spacial score (nSPS) is 10.7. The molecule has 0 fully saturated rings. The van der Waals surface area contributed by atoms with Crippen LogP contribution < -0.4 is 20.7 Å². The first-order chi connectivity index (χ1) is 15.6. The second-order valence-corrected chi connectivity index (χ2v) is 7.92. The van der Waals surface area contributed by atoms with Gasteiger partial charge >= 0.3 is 6.03 Å². The van der Waals surface area contributed by atoms with Crippen molar-refractivity contribution < 1.29 is 13.9 Å². The molecule has 3 N–H and O–H groups in total. The maximum absolute atomic E-state index is 13.4. The highest BCUT2D eigenvalue weighted by Crippen LogP contribution is 2.31. The Morgan fingerprint density at radius 2 is 1.88 bits per heavy atom. The Balaban J connectivity index is 1.23. The number of methoxy groups -OCH3 is 1. The summed E-state index contributed by atoms with van der Waals surface area (Å²) in [5.41, 5.74) is 2.32. The van der Waals surface area contributed by atoms with E-state index in [1.165, 1.54) is 30.8 Å². The summed E-state index contributed by atoms with van der Waals surface area (Å²) in [5, 5.41) is 10.1. The molecule has 1 heterocycles. The Bertz CT molecular complexity index is 1210. The molecule has 6 nitrogen and oxygen atoms in total. The van der Waals surface area contributed by atoms with Gasteiger partial charge in [0.1, 0.15) is 17.4 Å². The van der Waals surface area contributed by atoms with E-state index in [0.717, 1.165) is 33.5 Å². The Kier molecular flexibility index (Phi) is 6.81. The van der Waals surface area contributed by atoms with E-state index in [4.69, 9.17) is 4.74 Å². The van der Waals surface area contributed by atoms with Crippen LogP contribution in [0.15, 0.2) is 66.7 Å². The second kappa shape index (κ2) is 10.1. The number of benzene rings is 3. The number of halogens is 1. The van der Waals surface area contributed by atoms with Crippen LogP contribution in [0.25, 0.3) is 21.2 Å². The van der Waals surface area contributed by atoms with E-state index in [-0.39, 0.29) is 11.8 Å². The summed E-state index contributed by atoms with van der Waals surface area (Å²) >= 11 is 1.47. The predicted molar refractivity (Wildman–Crippen MR) is 128 cm³/mol. The molecule has 0 spiro atoms. The van der Waals surface area contributed by atoms with E-state index in [9.17, 15) is 9.18 Å². The third-order valence-electron chi connectivity index (χ3n) is 4.93. The highest BCUT2D eigenvalue weighted by molar-refractivity contribution is 7.13. The molecule has 0 bridgehead atoms. The van der Waals surface area contributed by atoms with Crippen molar-refractivity contribution in [3.05, 3.63) is 72.5 Å². The number of fused-ring (bicyclic) bond motifs is 1. The van der Waals surface area contributed by atoms with Crippen molar-refractivity contribution in [2.75, 3.05) is 30.8 Å². The molecule has 0 unspecified atom stereocenters. The minimum absolute atomic E-state index is 0.267. The zero-order valence-electron chi connectivity index (χ0n) is 17.5. The number of ether oxygens (including phenoxy) is 1. The summed E-state index contributed by atoms with van der Waals surface area (Å²) in [7, 11) is 1.51. The van der Waals surface area contributed by atoms with Crippen molar-refractivity contribution in [2.24, 2.45) is 0 Å². The van der Waals surface area contributed by atoms with Crippen molar-refractivity contribution in [1.29, 1.82) is 0 Å². The average Bonchev–Trinajstić information content (AvgIpc) is 3.22. The molecule has 2 amide bonds. The number of carbonyl (C=O) groups excluding carboxylic acids is 1. The number of nitrogens with one attached hydrogen (secondary N) is 3. The van der Waals surface area contributed by atoms with Gasteiger partial charge in [-0.3, -0.25) is 0 Å². The molecule has 0 saturated carbocycles. The van der Waals surface area contributed by atoms with E-state index in [1.807, 2.05) is 36.4 Å². The molecule has 0 aliphatic rings. The van der Waals surface area contributed by atoms with Crippen LogP contribution in [-0.2, 0) is 0 Å². The summed E-state index contributed by atoms with van der Waals surface area (Å²) in [6.45, 7) is 1.24. The van der Waals surface area contributed by atoms with Gasteiger partial charge in [-0.15, -0.1) is 0 Å². The van der Waals surface area contributed by atoms with Crippen LogP contribution in [0.1, 0.15) is 6.42 Å². The number of hydrogen-bond donors (Lipinski definition) is 3. The Morgan fingerprint density at radius 3 is 2.69 bits per heavy atom. The van der Waals surface area contributed by atoms with E-state index >= 15 is 0 Å². The fourth-order valence-electron chi connectivity index (χ4n) is 3.32. The molecule has 0 atom stereocenters. The Morgan fingerprint density at radius 1 is 1.06 bits per heavy atom. The van der Waals surface area contributed by atoms with Gasteiger partial charge < -0.3 is 20.7 Å². The monoisotopic (exact) mass is 450 g/mol. The number of rotatable bonds is 8. The predicted octanol–water partition coefficient (Wildman–Crippen LogP) is 5.73. The quantitative estimate of drug-likeness (QED) is 0.300. The first kappa shape index (κ1) is 21.6. The van der Waals surface area contributed by atoms with Crippen LogP contribution in [-0.4, -0.2) is 30.6 Å². The molecule has 0 saturated heterocycles. The number of carbonyl (C=O) groups is 1.